The molecular formula is C21H24ClN3O2. The molecule has 0 radical (unpaired) electrons. The first-order chi connectivity index (χ1) is 13.1. The minimum absolute atomic E-state index is 0.0346. The molecule has 2 fully saturated rings. The van der Waals surface area contributed by atoms with Crippen molar-refractivity contribution in [3.05, 3.63) is 53.3 Å². The monoisotopic (exact) mass is 385 g/mol. The summed E-state index contributed by atoms with van der Waals surface area (Å²) in [6.45, 7) is 4.53. The molecule has 2 aromatic rings. The van der Waals surface area contributed by atoms with Crippen LogP contribution < -0.4 is 9.64 Å². The average molecular weight is 386 g/mol. The van der Waals surface area contributed by atoms with E-state index in [1.807, 2.05) is 48.4 Å². The van der Waals surface area contributed by atoms with Gasteiger partial charge in [0, 0.05) is 48.3 Å². The molecule has 4 rings (SSSR count). The van der Waals surface area contributed by atoms with E-state index in [1.165, 1.54) is 0 Å². The third-order valence-electron chi connectivity index (χ3n) is 5.48. The molecule has 0 spiro atoms. The first-order valence-corrected chi connectivity index (χ1v) is 9.88. The van der Waals surface area contributed by atoms with Crippen molar-refractivity contribution in [1.82, 2.24) is 9.88 Å². The number of aromatic nitrogens is 1. The van der Waals surface area contributed by atoms with Crippen LogP contribution in [0.25, 0.3) is 0 Å². The number of rotatable bonds is 4. The molecule has 0 N–H and O–H groups in total. The lowest BCUT2D eigenvalue weighted by Crippen LogP contribution is -2.47. The number of halogens is 1. The molecule has 142 valence electrons. The Bertz CT molecular complexity index is 821. The second kappa shape index (κ2) is 7.87. The summed E-state index contributed by atoms with van der Waals surface area (Å²) in [5.74, 6) is 1.09. The largest absolute Gasteiger partial charge is 0.490 e. The Balaban J connectivity index is 1.35. The summed E-state index contributed by atoms with van der Waals surface area (Å²) in [5.41, 5.74) is 1.95. The van der Waals surface area contributed by atoms with Crippen molar-refractivity contribution in [3.8, 4) is 5.75 Å². The lowest BCUT2D eigenvalue weighted by Gasteiger charge is -2.35. The predicted octanol–water partition coefficient (Wildman–Crippen LogP) is 3.69. The molecule has 0 bridgehead atoms. The Morgan fingerprint density at radius 3 is 2.70 bits per heavy atom. The lowest BCUT2D eigenvalue weighted by atomic mass is 10.0. The van der Waals surface area contributed by atoms with Gasteiger partial charge in [0.1, 0.15) is 11.9 Å². The summed E-state index contributed by atoms with van der Waals surface area (Å²) in [4.78, 5) is 21.2. The number of likely N-dealkylation sites (tertiary alicyclic amines) is 1. The molecule has 5 nitrogen and oxygen atoms in total. The molecule has 27 heavy (non-hydrogen) atoms. The van der Waals surface area contributed by atoms with E-state index in [-0.39, 0.29) is 18.1 Å². The predicted molar refractivity (Wildman–Crippen MR) is 106 cm³/mol. The molecule has 0 aliphatic carbocycles. The van der Waals surface area contributed by atoms with E-state index in [1.54, 1.807) is 6.20 Å². The van der Waals surface area contributed by atoms with E-state index in [0.717, 1.165) is 55.9 Å². The van der Waals surface area contributed by atoms with Crippen LogP contribution in [0.5, 0.6) is 5.75 Å². The number of nitrogens with zero attached hydrogens (tertiary/aromatic N) is 3. The maximum atomic E-state index is 12.9. The second-order valence-corrected chi connectivity index (χ2v) is 7.71. The van der Waals surface area contributed by atoms with Gasteiger partial charge in [-0.3, -0.25) is 14.7 Å². The zero-order chi connectivity index (χ0) is 18.8. The zero-order valence-corrected chi connectivity index (χ0v) is 16.2. The molecule has 6 heteroatoms. The standard InChI is InChI=1S/C21H24ClN3O2/c1-15-14-23-9-5-20(15)27-18-6-10-24(11-7-18)19-8-12-25(21(19)26)17-4-2-3-16(22)13-17/h2-5,9,13-14,18-19H,6-8,10-12H2,1H3. The van der Waals surface area contributed by atoms with Crippen LogP contribution in [0.4, 0.5) is 5.69 Å². The number of ether oxygens (including phenoxy) is 1. The number of pyridine rings is 1. The van der Waals surface area contributed by atoms with Gasteiger partial charge in [-0.1, -0.05) is 17.7 Å². The highest BCUT2D eigenvalue weighted by Crippen LogP contribution is 2.29. The van der Waals surface area contributed by atoms with Gasteiger partial charge in [0.05, 0.1) is 6.04 Å². The number of carbonyl (C=O) groups is 1. The van der Waals surface area contributed by atoms with Crippen molar-refractivity contribution in [2.45, 2.75) is 38.3 Å². The number of amides is 1. The average Bonchev–Trinajstić information content (AvgIpc) is 3.06. The van der Waals surface area contributed by atoms with E-state index in [0.29, 0.717) is 5.02 Å². The summed E-state index contributed by atoms with van der Waals surface area (Å²) in [7, 11) is 0. The summed E-state index contributed by atoms with van der Waals surface area (Å²) < 4.78 is 6.15. The highest BCUT2D eigenvalue weighted by atomic mass is 35.5. The van der Waals surface area contributed by atoms with Crippen LogP contribution in [0.1, 0.15) is 24.8 Å². The molecule has 1 atom stereocenters. The van der Waals surface area contributed by atoms with Crippen molar-refractivity contribution in [1.29, 1.82) is 0 Å². The van der Waals surface area contributed by atoms with Crippen LogP contribution in [0.15, 0.2) is 42.7 Å². The molecule has 3 heterocycles. The van der Waals surface area contributed by atoms with Gasteiger partial charge >= 0.3 is 0 Å². The summed E-state index contributed by atoms with van der Waals surface area (Å²) in [6.07, 6.45) is 6.51. The molecule has 1 aromatic carbocycles. The topological polar surface area (TPSA) is 45.7 Å². The minimum atomic E-state index is -0.0346. The smallest absolute Gasteiger partial charge is 0.244 e. The molecule has 0 saturated carbocycles. The Morgan fingerprint density at radius 1 is 1.15 bits per heavy atom. The van der Waals surface area contributed by atoms with Crippen LogP contribution >= 0.6 is 11.6 Å². The van der Waals surface area contributed by atoms with Crippen LogP contribution in [0, 0.1) is 6.92 Å². The maximum absolute atomic E-state index is 12.9. The Kier molecular flexibility index (Phi) is 5.32. The quantitative estimate of drug-likeness (QED) is 0.805. The Labute approximate surface area is 164 Å². The van der Waals surface area contributed by atoms with E-state index in [9.17, 15) is 4.79 Å². The van der Waals surface area contributed by atoms with Crippen LogP contribution in [0.3, 0.4) is 0 Å². The molecule has 1 aromatic heterocycles. The summed E-state index contributed by atoms with van der Waals surface area (Å²) >= 11 is 6.08. The van der Waals surface area contributed by atoms with Crippen LogP contribution in [0.2, 0.25) is 5.02 Å². The number of hydrogen-bond acceptors (Lipinski definition) is 4. The fraction of sp³-hybridized carbons (Fsp3) is 0.429. The van der Waals surface area contributed by atoms with Gasteiger partial charge in [0.15, 0.2) is 0 Å². The first kappa shape index (κ1) is 18.3. The van der Waals surface area contributed by atoms with Crippen molar-refractivity contribution in [2.75, 3.05) is 24.5 Å². The normalized spacial score (nSPS) is 21.6. The van der Waals surface area contributed by atoms with E-state index < -0.39 is 0 Å². The lowest BCUT2D eigenvalue weighted by molar-refractivity contribution is -0.122. The molecule has 2 saturated heterocycles. The van der Waals surface area contributed by atoms with Gasteiger partial charge in [-0.05, 0) is 50.5 Å². The van der Waals surface area contributed by atoms with Crippen molar-refractivity contribution in [3.63, 3.8) is 0 Å². The van der Waals surface area contributed by atoms with E-state index >= 15 is 0 Å². The SMILES string of the molecule is Cc1cnccc1OC1CCN(C2CCN(c3cccc(Cl)c3)C2=O)CC1. The number of piperidine rings is 1. The van der Waals surface area contributed by atoms with Crippen molar-refractivity contribution < 1.29 is 9.53 Å². The van der Waals surface area contributed by atoms with Crippen LogP contribution in [-0.2, 0) is 4.79 Å². The van der Waals surface area contributed by atoms with Gasteiger partial charge in [-0.2, -0.15) is 0 Å². The van der Waals surface area contributed by atoms with Gasteiger partial charge in [0.25, 0.3) is 0 Å². The van der Waals surface area contributed by atoms with Gasteiger partial charge < -0.3 is 9.64 Å². The van der Waals surface area contributed by atoms with Crippen molar-refractivity contribution in [2.24, 2.45) is 0 Å². The second-order valence-electron chi connectivity index (χ2n) is 7.27. The third-order valence-corrected chi connectivity index (χ3v) is 5.71. The van der Waals surface area contributed by atoms with Gasteiger partial charge in [0.2, 0.25) is 5.91 Å². The van der Waals surface area contributed by atoms with Gasteiger partial charge in [-0.15, -0.1) is 0 Å². The zero-order valence-electron chi connectivity index (χ0n) is 15.5. The highest BCUT2D eigenvalue weighted by Gasteiger charge is 2.38. The fourth-order valence-electron chi connectivity index (χ4n) is 3.98. The number of hydrogen-bond donors (Lipinski definition) is 0. The Morgan fingerprint density at radius 2 is 1.96 bits per heavy atom. The third kappa shape index (κ3) is 3.94. The van der Waals surface area contributed by atoms with E-state index in [4.69, 9.17) is 16.3 Å². The summed E-state index contributed by atoms with van der Waals surface area (Å²) in [6, 6.07) is 9.42. The molecule has 1 unspecified atom stereocenters. The first-order valence-electron chi connectivity index (χ1n) is 9.50. The van der Waals surface area contributed by atoms with Crippen molar-refractivity contribution >= 4 is 23.2 Å². The maximum Gasteiger partial charge on any atom is 0.244 e. The van der Waals surface area contributed by atoms with Gasteiger partial charge in [-0.25, -0.2) is 0 Å². The highest BCUT2D eigenvalue weighted by molar-refractivity contribution is 6.31. The van der Waals surface area contributed by atoms with Crippen LogP contribution in [-0.4, -0.2) is 47.6 Å². The number of benzene rings is 1. The number of anilines is 1. The molecule has 1 amide bonds. The molecular weight excluding hydrogens is 362 g/mol. The number of aryl methyl sites for hydroxylation is 1. The molecule has 2 aliphatic rings. The fourth-order valence-corrected chi connectivity index (χ4v) is 4.17. The van der Waals surface area contributed by atoms with E-state index in [2.05, 4.69) is 9.88 Å². The number of carbonyl (C=O) groups excluding carboxylic acids is 1. The summed E-state index contributed by atoms with van der Waals surface area (Å²) in [5, 5.41) is 0.660. The minimum Gasteiger partial charge on any atom is -0.490 e. The molecule has 2 aliphatic heterocycles. The Hall–Kier alpha value is -2.11.